The normalized spacial score (nSPS) is 17.5. The highest BCUT2D eigenvalue weighted by Crippen LogP contribution is 2.24. The minimum Gasteiger partial charge on any atom is -0.466 e. The van der Waals surface area contributed by atoms with E-state index in [1.54, 1.807) is 0 Å². The van der Waals surface area contributed by atoms with Crippen molar-refractivity contribution in [1.82, 2.24) is 4.90 Å². The van der Waals surface area contributed by atoms with E-state index in [-0.39, 0.29) is 11.9 Å². The zero-order valence-electron chi connectivity index (χ0n) is 10.4. The van der Waals surface area contributed by atoms with Gasteiger partial charge in [0.05, 0.1) is 12.5 Å². The van der Waals surface area contributed by atoms with Crippen molar-refractivity contribution in [2.24, 2.45) is 5.92 Å². The number of carbonyl (C=O) groups is 1. The van der Waals surface area contributed by atoms with E-state index in [9.17, 15) is 4.79 Å². The van der Waals surface area contributed by atoms with Crippen LogP contribution in [-0.4, -0.2) is 30.6 Å². The molecule has 0 aromatic carbocycles. The van der Waals surface area contributed by atoms with Crippen LogP contribution in [0.3, 0.4) is 0 Å². The summed E-state index contributed by atoms with van der Waals surface area (Å²) in [4.78, 5) is 15.4. The molecule has 2 heterocycles. The van der Waals surface area contributed by atoms with Crippen molar-refractivity contribution in [2.45, 2.75) is 26.8 Å². The number of carbonyl (C=O) groups excluding carboxylic acids is 1. The monoisotopic (exact) mass is 253 g/mol. The first-order valence-corrected chi connectivity index (χ1v) is 7.03. The summed E-state index contributed by atoms with van der Waals surface area (Å²) in [6, 6.07) is 2.20. The fraction of sp³-hybridized carbons (Fsp3) is 0.615. The third-order valence-corrected chi connectivity index (χ3v) is 4.13. The maximum atomic E-state index is 11.6. The summed E-state index contributed by atoms with van der Waals surface area (Å²) in [6.45, 7) is 7.09. The zero-order chi connectivity index (χ0) is 12.3. The van der Waals surface area contributed by atoms with Crippen LogP contribution in [0.2, 0.25) is 0 Å². The summed E-state index contributed by atoms with van der Waals surface area (Å²) in [6.07, 6.45) is 1.11. The van der Waals surface area contributed by atoms with Crippen molar-refractivity contribution < 1.29 is 9.53 Å². The van der Waals surface area contributed by atoms with E-state index in [1.165, 1.54) is 10.4 Å². The predicted octanol–water partition coefficient (Wildman–Crippen LogP) is 2.31. The van der Waals surface area contributed by atoms with E-state index in [4.69, 9.17) is 4.74 Å². The number of esters is 1. The van der Waals surface area contributed by atoms with Gasteiger partial charge in [-0.1, -0.05) is 6.92 Å². The zero-order valence-corrected chi connectivity index (χ0v) is 11.3. The van der Waals surface area contributed by atoms with Gasteiger partial charge in [0.25, 0.3) is 0 Å². The Morgan fingerprint density at radius 2 is 2.47 bits per heavy atom. The van der Waals surface area contributed by atoms with E-state index >= 15 is 0 Å². The van der Waals surface area contributed by atoms with E-state index in [0.29, 0.717) is 6.61 Å². The minimum atomic E-state index is -0.0800. The highest BCUT2D eigenvalue weighted by Gasteiger charge is 2.22. The van der Waals surface area contributed by atoms with Gasteiger partial charge in [0.15, 0.2) is 0 Å². The first-order valence-electron chi connectivity index (χ1n) is 6.15. The van der Waals surface area contributed by atoms with Gasteiger partial charge in [-0.25, -0.2) is 0 Å². The molecular weight excluding hydrogens is 234 g/mol. The lowest BCUT2D eigenvalue weighted by atomic mass is 10.1. The van der Waals surface area contributed by atoms with Gasteiger partial charge in [-0.05, 0) is 30.4 Å². The SMILES string of the molecule is CCOC(=O)C(C)CN1CCc2sccc2C1. The van der Waals surface area contributed by atoms with Crippen molar-refractivity contribution in [1.29, 1.82) is 0 Å². The van der Waals surface area contributed by atoms with Crippen molar-refractivity contribution in [3.8, 4) is 0 Å². The third kappa shape index (κ3) is 3.07. The summed E-state index contributed by atoms with van der Waals surface area (Å²) in [5.74, 6) is -0.112. The standard InChI is InChI=1S/C13H19NO2S/c1-3-16-13(15)10(2)8-14-6-4-12-11(9-14)5-7-17-12/h5,7,10H,3-4,6,8-9H2,1-2H3. The van der Waals surface area contributed by atoms with Crippen LogP contribution in [0.4, 0.5) is 0 Å². The molecule has 0 N–H and O–H groups in total. The molecule has 1 aliphatic rings. The highest BCUT2D eigenvalue weighted by atomic mass is 32.1. The van der Waals surface area contributed by atoms with Gasteiger partial charge in [0, 0.05) is 24.5 Å². The molecule has 0 saturated heterocycles. The molecule has 0 spiro atoms. The Labute approximate surface area is 106 Å². The number of hydrogen-bond acceptors (Lipinski definition) is 4. The maximum Gasteiger partial charge on any atom is 0.309 e. The average Bonchev–Trinajstić information content (AvgIpc) is 2.76. The Hall–Kier alpha value is -0.870. The Balaban J connectivity index is 1.87. The molecule has 0 radical (unpaired) electrons. The number of fused-ring (bicyclic) bond motifs is 1. The molecule has 2 rings (SSSR count). The number of rotatable bonds is 4. The largest absolute Gasteiger partial charge is 0.466 e. The number of thiophene rings is 1. The molecule has 0 bridgehead atoms. The summed E-state index contributed by atoms with van der Waals surface area (Å²) in [5, 5.41) is 2.16. The van der Waals surface area contributed by atoms with Crippen molar-refractivity contribution >= 4 is 17.3 Å². The molecule has 94 valence electrons. The summed E-state index contributed by atoms with van der Waals surface area (Å²) in [7, 11) is 0. The molecule has 0 saturated carbocycles. The second-order valence-corrected chi connectivity index (χ2v) is 5.51. The summed E-state index contributed by atoms with van der Waals surface area (Å²) in [5.41, 5.74) is 1.43. The molecule has 0 amide bonds. The molecule has 0 aliphatic carbocycles. The summed E-state index contributed by atoms with van der Waals surface area (Å²) >= 11 is 1.84. The first kappa shape index (κ1) is 12.6. The molecule has 4 heteroatoms. The lowest BCUT2D eigenvalue weighted by Crippen LogP contribution is -2.36. The number of ether oxygens (including phenoxy) is 1. The van der Waals surface area contributed by atoms with Crippen LogP contribution in [-0.2, 0) is 22.5 Å². The van der Waals surface area contributed by atoms with Crippen LogP contribution < -0.4 is 0 Å². The minimum absolute atomic E-state index is 0.0323. The fourth-order valence-electron chi connectivity index (χ4n) is 2.21. The van der Waals surface area contributed by atoms with Crippen LogP contribution in [0, 0.1) is 5.92 Å². The quantitative estimate of drug-likeness (QED) is 0.771. The van der Waals surface area contributed by atoms with Gasteiger partial charge in [-0.3, -0.25) is 9.69 Å². The maximum absolute atomic E-state index is 11.6. The first-order chi connectivity index (χ1) is 8.20. The molecule has 1 atom stereocenters. The Morgan fingerprint density at radius 1 is 1.65 bits per heavy atom. The molecule has 1 aromatic rings. The highest BCUT2D eigenvalue weighted by molar-refractivity contribution is 7.10. The lowest BCUT2D eigenvalue weighted by molar-refractivity contribution is -0.148. The smallest absolute Gasteiger partial charge is 0.309 e. The van der Waals surface area contributed by atoms with E-state index in [0.717, 1.165) is 26.1 Å². The molecule has 1 aromatic heterocycles. The number of nitrogens with zero attached hydrogens (tertiary/aromatic N) is 1. The van der Waals surface area contributed by atoms with Gasteiger partial charge in [0.1, 0.15) is 0 Å². The molecular formula is C13H19NO2S. The van der Waals surface area contributed by atoms with Crippen LogP contribution >= 0.6 is 11.3 Å². The summed E-state index contributed by atoms with van der Waals surface area (Å²) < 4.78 is 5.04. The molecule has 17 heavy (non-hydrogen) atoms. The van der Waals surface area contributed by atoms with E-state index in [2.05, 4.69) is 16.3 Å². The van der Waals surface area contributed by atoms with Crippen molar-refractivity contribution in [3.63, 3.8) is 0 Å². The third-order valence-electron chi connectivity index (χ3n) is 3.11. The van der Waals surface area contributed by atoms with Crippen LogP contribution in [0.15, 0.2) is 11.4 Å². The van der Waals surface area contributed by atoms with Crippen LogP contribution in [0.5, 0.6) is 0 Å². The fourth-order valence-corrected chi connectivity index (χ4v) is 3.10. The van der Waals surface area contributed by atoms with Crippen molar-refractivity contribution in [3.05, 3.63) is 21.9 Å². The van der Waals surface area contributed by atoms with E-state index in [1.807, 2.05) is 25.2 Å². The van der Waals surface area contributed by atoms with Gasteiger partial charge in [0.2, 0.25) is 0 Å². The second kappa shape index (κ2) is 5.65. The Kier molecular flexibility index (Phi) is 4.18. The second-order valence-electron chi connectivity index (χ2n) is 4.51. The Bertz CT molecular complexity index is 389. The molecule has 1 aliphatic heterocycles. The predicted molar refractivity (Wildman–Crippen MR) is 69.1 cm³/mol. The molecule has 1 unspecified atom stereocenters. The average molecular weight is 253 g/mol. The lowest BCUT2D eigenvalue weighted by Gasteiger charge is -2.28. The molecule has 0 fully saturated rings. The van der Waals surface area contributed by atoms with Gasteiger partial charge >= 0.3 is 5.97 Å². The Morgan fingerprint density at radius 3 is 3.24 bits per heavy atom. The number of hydrogen-bond donors (Lipinski definition) is 0. The van der Waals surface area contributed by atoms with Gasteiger partial charge in [-0.2, -0.15) is 0 Å². The van der Waals surface area contributed by atoms with Gasteiger partial charge in [-0.15, -0.1) is 11.3 Å². The van der Waals surface area contributed by atoms with E-state index < -0.39 is 0 Å². The van der Waals surface area contributed by atoms with Crippen LogP contribution in [0.25, 0.3) is 0 Å². The van der Waals surface area contributed by atoms with Gasteiger partial charge < -0.3 is 4.74 Å². The topological polar surface area (TPSA) is 29.5 Å². The van der Waals surface area contributed by atoms with Crippen molar-refractivity contribution in [2.75, 3.05) is 19.7 Å². The van der Waals surface area contributed by atoms with Crippen LogP contribution in [0.1, 0.15) is 24.3 Å². The molecule has 3 nitrogen and oxygen atoms in total.